The summed E-state index contributed by atoms with van der Waals surface area (Å²) >= 11 is 0. The maximum Gasteiger partial charge on any atom is 0.181 e. The van der Waals surface area contributed by atoms with Crippen LogP contribution in [0.25, 0.3) is 0 Å². The van der Waals surface area contributed by atoms with E-state index in [0.717, 1.165) is 18.7 Å². The Balaban J connectivity index is 0.00000200. The van der Waals surface area contributed by atoms with Gasteiger partial charge in [0.2, 0.25) is 0 Å². The van der Waals surface area contributed by atoms with Gasteiger partial charge in [0.1, 0.15) is 0 Å². The summed E-state index contributed by atoms with van der Waals surface area (Å²) in [5, 5.41) is 2.98. The van der Waals surface area contributed by atoms with Crippen LogP contribution in [0.1, 0.15) is 39.2 Å². The van der Waals surface area contributed by atoms with E-state index in [0.29, 0.717) is 17.7 Å². The van der Waals surface area contributed by atoms with Gasteiger partial charge in [0.05, 0.1) is 10.1 Å². The van der Waals surface area contributed by atoms with Gasteiger partial charge in [-0.25, -0.2) is 8.42 Å². The molecule has 1 saturated heterocycles. The molecule has 0 amide bonds. The third kappa shape index (κ3) is 3.74. The standard InChI is InChI=1S/C15H23NO2S.ClH/c1-15(2,3)12-4-6-13(7-5-12)19(17,18)14-8-10-16-11-9-14;/h4-7,14,16H,8-11H2,1-3H3;1H. The Morgan fingerprint density at radius 2 is 1.55 bits per heavy atom. The molecule has 1 fully saturated rings. The van der Waals surface area contributed by atoms with E-state index in [-0.39, 0.29) is 23.1 Å². The van der Waals surface area contributed by atoms with Crippen molar-refractivity contribution in [2.24, 2.45) is 0 Å². The fraction of sp³-hybridized carbons (Fsp3) is 0.600. The summed E-state index contributed by atoms with van der Waals surface area (Å²) in [7, 11) is -3.16. The highest BCUT2D eigenvalue weighted by Gasteiger charge is 2.29. The molecule has 20 heavy (non-hydrogen) atoms. The van der Waals surface area contributed by atoms with Gasteiger partial charge in [0.25, 0.3) is 0 Å². The number of benzene rings is 1. The highest BCUT2D eigenvalue weighted by molar-refractivity contribution is 7.92. The van der Waals surface area contributed by atoms with Crippen molar-refractivity contribution in [1.29, 1.82) is 0 Å². The highest BCUT2D eigenvalue weighted by atomic mass is 35.5. The molecule has 5 heteroatoms. The minimum atomic E-state index is -3.16. The number of sulfone groups is 1. The van der Waals surface area contributed by atoms with Gasteiger partial charge in [-0.2, -0.15) is 0 Å². The molecule has 0 bridgehead atoms. The second-order valence-corrected chi connectivity index (χ2v) is 8.50. The maximum absolute atomic E-state index is 12.5. The number of nitrogens with one attached hydrogen (secondary N) is 1. The van der Waals surface area contributed by atoms with Gasteiger partial charge in [-0.1, -0.05) is 32.9 Å². The number of rotatable bonds is 2. The summed E-state index contributed by atoms with van der Waals surface area (Å²) in [6, 6.07) is 7.40. The van der Waals surface area contributed by atoms with Gasteiger partial charge in [0.15, 0.2) is 9.84 Å². The van der Waals surface area contributed by atoms with Gasteiger partial charge in [0, 0.05) is 0 Å². The lowest BCUT2D eigenvalue weighted by molar-refractivity contribution is 0.496. The molecule has 1 N–H and O–H groups in total. The molecule has 1 aromatic rings. The second kappa shape index (κ2) is 6.46. The second-order valence-electron chi connectivity index (χ2n) is 6.27. The van der Waals surface area contributed by atoms with Crippen molar-refractivity contribution in [3.8, 4) is 0 Å². The number of hydrogen-bond donors (Lipinski definition) is 1. The largest absolute Gasteiger partial charge is 0.317 e. The molecular weight excluding hydrogens is 294 g/mol. The SMILES string of the molecule is CC(C)(C)c1ccc(S(=O)(=O)C2CCNCC2)cc1.Cl. The van der Waals surface area contributed by atoms with Crippen LogP contribution >= 0.6 is 12.4 Å². The zero-order chi connectivity index (χ0) is 14.1. The number of piperidine rings is 1. The van der Waals surface area contributed by atoms with Gasteiger partial charge >= 0.3 is 0 Å². The van der Waals surface area contributed by atoms with Gasteiger partial charge < -0.3 is 5.32 Å². The van der Waals surface area contributed by atoms with Crippen molar-refractivity contribution in [3.05, 3.63) is 29.8 Å². The van der Waals surface area contributed by atoms with Crippen LogP contribution < -0.4 is 5.32 Å². The van der Waals surface area contributed by atoms with Crippen molar-refractivity contribution in [3.63, 3.8) is 0 Å². The molecule has 2 rings (SSSR count). The first-order chi connectivity index (χ1) is 8.82. The maximum atomic E-state index is 12.5. The van der Waals surface area contributed by atoms with E-state index >= 15 is 0 Å². The van der Waals surface area contributed by atoms with E-state index in [2.05, 4.69) is 26.1 Å². The molecule has 0 unspecified atom stereocenters. The number of hydrogen-bond acceptors (Lipinski definition) is 3. The Labute approximate surface area is 128 Å². The quantitative estimate of drug-likeness (QED) is 0.912. The molecule has 0 aliphatic carbocycles. The normalized spacial score (nSPS) is 17.6. The minimum absolute atomic E-state index is 0. The van der Waals surface area contributed by atoms with E-state index in [4.69, 9.17) is 0 Å². The molecule has 0 saturated carbocycles. The van der Waals surface area contributed by atoms with E-state index in [1.165, 1.54) is 0 Å². The topological polar surface area (TPSA) is 46.2 Å². The van der Waals surface area contributed by atoms with Crippen LogP contribution in [0.2, 0.25) is 0 Å². The number of halogens is 1. The van der Waals surface area contributed by atoms with Crippen LogP contribution in [-0.4, -0.2) is 26.8 Å². The average molecular weight is 318 g/mol. The molecular formula is C15H24ClNO2S. The monoisotopic (exact) mass is 317 g/mol. The lowest BCUT2D eigenvalue weighted by Gasteiger charge is -2.23. The molecule has 3 nitrogen and oxygen atoms in total. The van der Waals surface area contributed by atoms with Crippen molar-refractivity contribution in [1.82, 2.24) is 5.32 Å². The van der Waals surface area contributed by atoms with E-state index in [1.54, 1.807) is 12.1 Å². The van der Waals surface area contributed by atoms with Crippen LogP contribution in [0.4, 0.5) is 0 Å². The Morgan fingerprint density at radius 3 is 2.00 bits per heavy atom. The zero-order valence-corrected chi connectivity index (χ0v) is 14.0. The molecule has 1 aromatic carbocycles. The molecule has 1 aliphatic heterocycles. The van der Waals surface area contributed by atoms with Crippen molar-refractivity contribution < 1.29 is 8.42 Å². The molecule has 1 aliphatic rings. The summed E-state index contributed by atoms with van der Waals surface area (Å²) in [6.07, 6.45) is 1.42. The fourth-order valence-electron chi connectivity index (χ4n) is 2.44. The average Bonchev–Trinajstić information content (AvgIpc) is 2.39. The van der Waals surface area contributed by atoms with Gasteiger partial charge in [-0.05, 0) is 49.0 Å². The van der Waals surface area contributed by atoms with Crippen LogP contribution in [-0.2, 0) is 15.3 Å². The Bertz CT molecular complexity index is 526. The molecule has 1 heterocycles. The fourth-order valence-corrected chi connectivity index (χ4v) is 4.20. The van der Waals surface area contributed by atoms with Crippen LogP contribution in [0.5, 0.6) is 0 Å². The van der Waals surface area contributed by atoms with Crippen LogP contribution in [0, 0.1) is 0 Å². The molecule has 0 radical (unpaired) electrons. The summed E-state index contributed by atoms with van der Waals surface area (Å²) in [6.45, 7) is 7.98. The summed E-state index contributed by atoms with van der Waals surface area (Å²) < 4.78 is 25.0. The van der Waals surface area contributed by atoms with Gasteiger partial charge in [-0.3, -0.25) is 0 Å². The third-order valence-corrected chi connectivity index (χ3v) is 6.05. The highest BCUT2D eigenvalue weighted by Crippen LogP contribution is 2.26. The lowest BCUT2D eigenvalue weighted by Crippen LogP contribution is -2.35. The smallest absolute Gasteiger partial charge is 0.181 e. The summed E-state index contributed by atoms with van der Waals surface area (Å²) in [5.41, 5.74) is 1.22. The third-order valence-electron chi connectivity index (χ3n) is 3.77. The van der Waals surface area contributed by atoms with E-state index in [9.17, 15) is 8.42 Å². The Morgan fingerprint density at radius 1 is 1.05 bits per heavy atom. The Kier molecular flexibility index (Phi) is 5.64. The van der Waals surface area contributed by atoms with Crippen molar-refractivity contribution >= 4 is 22.2 Å². The van der Waals surface area contributed by atoms with Crippen LogP contribution in [0.15, 0.2) is 29.2 Å². The summed E-state index contributed by atoms with van der Waals surface area (Å²) in [5.74, 6) is 0. The van der Waals surface area contributed by atoms with Gasteiger partial charge in [-0.15, -0.1) is 12.4 Å². The predicted molar refractivity (Wildman–Crippen MR) is 85.5 cm³/mol. The molecule has 0 atom stereocenters. The van der Waals surface area contributed by atoms with E-state index in [1.807, 2.05) is 12.1 Å². The van der Waals surface area contributed by atoms with E-state index < -0.39 is 9.84 Å². The zero-order valence-electron chi connectivity index (χ0n) is 12.3. The van der Waals surface area contributed by atoms with Crippen LogP contribution in [0.3, 0.4) is 0 Å². The minimum Gasteiger partial charge on any atom is -0.317 e. The first-order valence-corrected chi connectivity index (χ1v) is 8.41. The lowest BCUT2D eigenvalue weighted by atomic mass is 9.87. The first-order valence-electron chi connectivity index (χ1n) is 6.87. The van der Waals surface area contributed by atoms with Crippen molar-refractivity contribution in [2.75, 3.05) is 13.1 Å². The molecule has 0 aromatic heterocycles. The summed E-state index contributed by atoms with van der Waals surface area (Å²) in [4.78, 5) is 0.465. The molecule has 0 spiro atoms. The van der Waals surface area contributed by atoms with Crippen molar-refractivity contribution in [2.45, 2.75) is 49.2 Å². The first kappa shape index (κ1) is 17.5. The Hall–Kier alpha value is -0.580. The molecule has 114 valence electrons. The predicted octanol–water partition coefficient (Wildman–Crippen LogP) is 2.93.